The highest BCUT2D eigenvalue weighted by Gasteiger charge is 2.14. The number of hydrogen-bond donors (Lipinski definition) is 4. The summed E-state index contributed by atoms with van der Waals surface area (Å²) in [6, 6.07) is 4.37. The van der Waals surface area contributed by atoms with Crippen LogP contribution in [0, 0.1) is 6.92 Å². The van der Waals surface area contributed by atoms with E-state index in [0.717, 1.165) is 0 Å². The molecule has 0 saturated heterocycles. The Hall–Kier alpha value is -1.97. The minimum absolute atomic E-state index is 0.0388. The summed E-state index contributed by atoms with van der Waals surface area (Å²) >= 11 is 0. The molecule has 0 aliphatic rings. The maximum Gasteiger partial charge on any atom is 0.243 e. The highest BCUT2D eigenvalue weighted by molar-refractivity contribution is 7.89. The molecule has 0 heterocycles. The molecule has 116 valence electrons. The second-order valence-electron chi connectivity index (χ2n) is 4.21. The van der Waals surface area contributed by atoms with E-state index in [4.69, 9.17) is 5.73 Å². The van der Waals surface area contributed by atoms with E-state index in [1.807, 2.05) is 0 Å². The zero-order chi connectivity index (χ0) is 16.0. The smallest absolute Gasteiger partial charge is 0.243 e. The SMILES string of the molecule is CNS(=O)(=O)c1ccc(C)c(NC(=O)CNC(=O)CN)c1. The molecule has 0 fully saturated rings. The van der Waals surface area contributed by atoms with Crippen molar-refractivity contribution in [1.82, 2.24) is 10.0 Å². The Morgan fingerprint density at radius 1 is 1.24 bits per heavy atom. The van der Waals surface area contributed by atoms with Crippen LogP contribution in [0.5, 0.6) is 0 Å². The zero-order valence-electron chi connectivity index (χ0n) is 11.8. The van der Waals surface area contributed by atoms with Crippen molar-refractivity contribution in [2.45, 2.75) is 11.8 Å². The minimum atomic E-state index is -3.59. The highest BCUT2D eigenvalue weighted by Crippen LogP contribution is 2.19. The molecule has 8 nitrogen and oxygen atoms in total. The van der Waals surface area contributed by atoms with Gasteiger partial charge in [-0.15, -0.1) is 0 Å². The molecule has 2 amide bonds. The number of aryl methyl sites for hydroxylation is 1. The summed E-state index contributed by atoms with van der Waals surface area (Å²) < 4.78 is 25.6. The molecule has 0 spiro atoms. The minimum Gasteiger partial charge on any atom is -0.346 e. The van der Waals surface area contributed by atoms with Gasteiger partial charge in [0, 0.05) is 5.69 Å². The Morgan fingerprint density at radius 3 is 2.48 bits per heavy atom. The standard InChI is InChI=1S/C12H18N4O4S/c1-8-3-4-9(21(19,20)14-2)5-10(8)16-12(18)7-15-11(17)6-13/h3-5,14H,6-7,13H2,1-2H3,(H,15,17)(H,16,18). The van der Waals surface area contributed by atoms with Gasteiger partial charge in [-0.1, -0.05) is 6.07 Å². The molecule has 0 aliphatic heterocycles. The van der Waals surface area contributed by atoms with Gasteiger partial charge in [0.25, 0.3) is 0 Å². The van der Waals surface area contributed by atoms with E-state index in [0.29, 0.717) is 11.3 Å². The lowest BCUT2D eigenvalue weighted by atomic mass is 10.2. The highest BCUT2D eigenvalue weighted by atomic mass is 32.2. The van der Waals surface area contributed by atoms with Gasteiger partial charge in [-0.3, -0.25) is 9.59 Å². The van der Waals surface area contributed by atoms with Crippen molar-refractivity contribution in [2.24, 2.45) is 5.73 Å². The number of carbonyl (C=O) groups is 2. The van der Waals surface area contributed by atoms with Gasteiger partial charge >= 0.3 is 0 Å². The Kier molecular flexibility index (Phi) is 5.82. The fourth-order valence-electron chi connectivity index (χ4n) is 1.47. The summed E-state index contributed by atoms with van der Waals surface area (Å²) in [7, 11) is -2.29. The summed E-state index contributed by atoms with van der Waals surface area (Å²) in [4.78, 5) is 22.7. The lowest BCUT2D eigenvalue weighted by Gasteiger charge is -2.11. The Labute approximate surface area is 123 Å². The van der Waals surface area contributed by atoms with Crippen molar-refractivity contribution in [3.8, 4) is 0 Å². The third-order valence-corrected chi connectivity index (χ3v) is 4.11. The number of sulfonamides is 1. The van der Waals surface area contributed by atoms with E-state index in [2.05, 4.69) is 15.4 Å². The summed E-state index contributed by atoms with van der Waals surface area (Å²) in [6.45, 7) is 1.28. The molecule has 9 heteroatoms. The predicted octanol–water partition coefficient (Wildman–Crippen LogP) is -1.08. The fourth-order valence-corrected chi connectivity index (χ4v) is 2.22. The van der Waals surface area contributed by atoms with Crippen LogP contribution in [0.25, 0.3) is 0 Å². The normalized spacial score (nSPS) is 11.0. The van der Waals surface area contributed by atoms with Crippen LogP contribution in [-0.2, 0) is 19.6 Å². The number of anilines is 1. The van der Waals surface area contributed by atoms with Gasteiger partial charge in [0.05, 0.1) is 18.0 Å². The second-order valence-corrected chi connectivity index (χ2v) is 6.10. The molecule has 1 aromatic carbocycles. The van der Waals surface area contributed by atoms with E-state index >= 15 is 0 Å². The molecule has 0 radical (unpaired) electrons. The van der Waals surface area contributed by atoms with Crippen molar-refractivity contribution >= 4 is 27.5 Å². The van der Waals surface area contributed by atoms with Crippen LogP contribution in [0.15, 0.2) is 23.1 Å². The van der Waals surface area contributed by atoms with E-state index in [1.54, 1.807) is 13.0 Å². The van der Waals surface area contributed by atoms with Crippen molar-refractivity contribution in [3.63, 3.8) is 0 Å². The first kappa shape index (κ1) is 17.1. The number of hydrogen-bond acceptors (Lipinski definition) is 5. The molecule has 1 rings (SSSR count). The molecule has 1 aromatic rings. The molecular formula is C12H18N4O4S. The fraction of sp³-hybridized carbons (Fsp3) is 0.333. The van der Waals surface area contributed by atoms with Crippen LogP contribution in [0.2, 0.25) is 0 Å². The third kappa shape index (κ3) is 4.81. The molecule has 0 aliphatic carbocycles. The monoisotopic (exact) mass is 314 g/mol. The van der Waals surface area contributed by atoms with Gasteiger partial charge in [0.1, 0.15) is 0 Å². The Morgan fingerprint density at radius 2 is 1.90 bits per heavy atom. The van der Waals surface area contributed by atoms with Crippen molar-refractivity contribution in [3.05, 3.63) is 23.8 Å². The number of carbonyl (C=O) groups excluding carboxylic acids is 2. The maximum atomic E-state index is 11.7. The Balaban J connectivity index is 2.86. The van der Waals surface area contributed by atoms with Crippen LogP contribution in [0.4, 0.5) is 5.69 Å². The quantitative estimate of drug-likeness (QED) is 0.530. The number of amides is 2. The van der Waals surface area contributed by atoms with Gasteiger partial charge in [-0.05, 0) is 31.7 Å². The lowest BCUT2D eigenvalue weighted by Crippen LogP contribution is -2.36. The molecule has 21 heavy (non-hydrogen) atoms. The van der Waals surface area contributed by atoms with E-state index in [9.17, 15) is 18.0 Å². The van der Waals surface area contributed by atoms with Crippen molar-refractivity contribution in [2.75, 3.05) is 25.5 Å². The first-order valence-electron chi connectivity index (χ1n) is 6.11. The van der Waals surface area contributed by atoms with Crippen LogP contribution < -0.4 is 21.1 Å². The lowest BCUT2D eigenvalue weighted by molar-refractivity contribution is -0.123. The van der Waals surface area contributed by atoms with E-state index in [1.165, 1.54) is 19.2 Å². The summed E-state index contributed by atoms with van der Waals surface area (Å²) in [5.41, 5.74) is 6.16. The Bertz CT molecular complexity index is 643. The number of benzene rings is 1. The van der Waals surface area contributed by atoms with E-state index in [-0.39, 0.29) is 18.0 Å². The van der Waals surface area contributed by atoms with Gasteiger partial charge in [-0.25, -0.2) is 13.1 Å². The largest absolute Gasteiger partial charge is 0.346 e. The molecule has 0 saturated carbocycles. The first-order chi connectivity index (χ1) is 9.80. The van der Waals surface area contributed by atoms with Crippen LogP contribution >= 0.6 is 0 Å². The van der Waals surface area contributed by atoms with Crippen molar-refractivity contribution in [1.29, 1.82) is 0 Å². The van der Waals surface area contributed by atoms with Crippen LogP contribution in [-0.4, -0.2) is 40.4 Å². The molecule has 0 atom stereocenters. The predicted molar refractivity (Wildman–Crippen MR) is 78.1 cm³/mol. The average Bonchev–Trinajstić information content (AvgIpc) is 2.46. The summed E-state index contributed by atoms with van der Waals surface area (Å²) in [6.07, 6.45) is 0. The van der Waals surface area contributed by atoms with Gasteiger partial charge < -0.3 is 16.4 Å². The van der Waals surface area contributed by atoms with Gasteiger partial charge in [-0.2, -0.15) is 0 Å². The number of nitrogens with one attached hydrogen (secondary N) is 3. The topological polar surface area (TPSA) is 130 Å². The second kappa shape index (κ2) is 7.16. The average molecular weight is 314 g/mol. The third-order valence-electron chi connectivity index (χ3n) is 2.69. The van der Waals surface area contributed by atoms with Crippen LogP contribution in [0.3, 0.4) is 0 Å². The maximum absolute atomic E-state index is 11.7. The summed E-state index contributed by atoms with van der Waals surface area (Å²) in [5.74, 6) is -0.924. The zero-order valence-corrected chi connectivity index (χ0v) is 12.6. The molecule has 0 aromatic heterocycles. The number of rotatable bonds is 6. The van der Waals surface area contributed by atoms with Gasteiger partial charge in [0.2, 0.25) is 21.8 Å². The van der Waals surface area contributed by atoms with Crippen LogP contribution in [0.1, 0.15) is 5.56 Å². The first-order valence-corrected chi connectivity index (χ1v) is 7.59. The molecule has 0 unspecified atom stereocenters. The molecule has 0 bridgehead atoms. The molecular weight excluding hydrogens is 296 g/mol. The van der Waals surface area contributed by atoms with Crippen molar-refractivity contribution < 1.29 is 18.0 Å². The summed E-state index contributed by atoms with van der Waals surface area (Å²) in [5, 5.41) is 4.86. The van der Waals surface area contributed by atoms with Gasteiger partial charge in [0.15, 0.2) is 0 Å². The number of nitrogens with two attached hydrogens (primary N) is 1. The van der Waals surface area contributed by atoms with E-state index < -0.39 is 21.8 Å². The molecule has 5 N–H and O–H groups in total.